The summed E-state index contributed by atoms with van der Waals surface area (Å²) in [6.07, 6.45) is -0.0250. The molecular weight excluding hydrogens is 294 g/mol. The highest BCUT2D eigenvalue weighted by Crippen LogP contribution is 2.33. The number of imide groups is 1. The summed E-state index contributed by atoms with van der Waals surface area (Å²) in [5, 5.41) is 0. The smallest absolute Gasteiger partial charge is 0.306 e. The van der Waals surface area contributed by atoms with Crippen LogP contribution in [0.5, 0.6) is 0 Å². The largest absolute Gasteiger partial charge is 0.466 e. The second-order valence-corrected chi connectivity index (χ2v) is 5.69. The molecule has 1 saturated heterocycles. The molecule has 2 rings (SSSR count). The Labute approximate surface area is 135 Å². The molecule has 1 fully saturated rings. The van der Waals surface area contributed by atoms with Gasteiger partial charge in [0.1, 0.15) is 0 Å². The summed E-state index contributed by atoms with van der Waals surface area (Å²) in [5.41, 5.74) is 1.24. The first-order chi connectivity index (χ1) is 11.0. The molecule has 1 aliphatic rings. The van der Waals surface area contributed by atoms with Crippen LogP contribution < -0.4 is 0 Å². The first-order valence-corrected chi connectivity index (χ1v) is 7.67. The summed E-state index contributed by atoms with van der Waals surface area (Å²) in [6, 6.07) is 8.65. The van der Waals surface area contributed by atoms with Gasteiger partial charge in [-0.15, -0.1) is 0 Å². The second-order valence-electron chi connectivity index (χ2n) is 5.69. The standard InChI is InChI=1S/C18H21NO4/c1-4-23-16(20)10-14-15(12(2)3)11-19(18(14)22)17(21)13-8-6-5-7-9-13/h5-9,14-15H,2,4,10-11H2,1,3H3/t14-,15-/m0/s1. The summed E-state index contributed by atoms with van der Waals surface area (Å²) in [7, 11) is 0. The van der Waals surface area contributed by atoms with Gasteiger partial charge in [-0.2, -0.15) is 0 Å². The highest BCUT2D eigenvalue weighted by molar-refractivity contribution is 6.07. The van der Waals surface area contributed by atoms with E-state index in [1.54, 1.807) is 31.2 Å². The van der Waals surface area contributed by atoms with Gasteiger partial charge in [-0.3, -0.25) is 19.3 Å². The third-order valence-electron chi connectivity index (χ3n) is 4.04. The topological polar surface area (TPSA) is 63.7 Å². The Morgan fingerprint density at radius 3 is 2.52 bits per heavy atom. The van der Waals surface area contributed by atoms with Crippen LogP contribution in [0.3, 0.4) is 0 Å². The number of carbonyl (C=O) groups is 3. The van der Waals surface area contributed by atoms with E-state index in [9.17, 15) is 14.4 Å². The van der Waals surface area contributed by atoms with E-state index >= 15 is 0 Å². The molecule has 0 unspecified atom stereocenters. The maximum absolute atomic E-state index is 12.6. The number of carbonyl (C=O) groups excluding carboxylic acids is 3. The number of likely N-dealkylation sites (tertiary alicyclic amines) is 1. The number of ether oxygens (including phenoxy) is 1. The number of nitrogens with zero attached hydrogens (tertiary/aromatic N) is 1. The van der Waals surface area contributed by atoms with Crippen LogP contribution in [0.25, 0.3) is 0 Å². The quantitative estimate of drug-likeness (QED) is 0.475. The molecule has 0 N–H and O–H groups in total. The van der Waals surface area contributed by atoms with Crippen molar-refractivity contribution in [2.75, 3.05) is 13.2 Å². The lowest BCUT2D eigenvalue weighted by atomic mass is 9.87. The predicted molar refractivity (Wildman–Crippen MR) is 85.5 cm³/mol. The number of esters is 1. The fourth-order valence-corrected chi connectivity index (χ4v) is 2.83. The second kappa shape index (κ2) is 7.22. The Bertz CT molecular complexity index is 623. The van der Waals surface area contributed by atoms with Gasteiger partial charge in [0, 0.05) is 18.0 Å². The van der Waals surface area contributed by atoms with Crippen molar-refractivity contribution in [2.45, 2.75) is 20.3 Å². The van der Waals surface area contributed by atoms with Crippen molar-refractivity contribution >= 4 is 17.8 Å². The SMILES string of the molecule is C=C(C)[C@@H]1CN(C(=O)c2ccccc2)C(=O)[C@H]1CC(=O)OCC. The summed E-state index contributed by atoms with van der Waals surface area (Å²) in [5.74, 6) is -1.90. The summed E-state index contributed by atoms with van der Waals surface area (Å²) in [6.45, 7) is 7.95. The van der Waals surface area contributed by atoms with Gasteiger partial charge in [0.25, 0.3) is 5.91 Å². The lowest BCUT2D eigenvalue weighted by molar-refractivity contribution is -0.146. The summed E-state index contributed by atoms with van der Waals surface area (Å²) < 4.78 is 4.94. The number of amides is 2. The molecule has 1 aromatic carbocycles. The van der Waals surface area contributed by atoms with Gasteiger partial charge in [0.05, 0.1) is 18.9 Å². The Hall–Kier alpha value is -2.43. The van der Waals surface area contributed by atoms with Crippen molar-refractivity contribution in [2.24, 2.45) is 11.8 Å². The molecule has 122 valence electrons. The Balaban J connectivity index is 2.21. The number of rotatable bonds is 5. The van der Waals surface area contributed by atoms with Crippen LogP contribution in [0.2, 0.25) is 0 Å². The molecule has 5 nitrogen and oxygen atoms in total. The zero-order valence-electron chi connectivity index (χ0n) is 13.5. The maximum atomic E-state index is 12.6. The third kappa shape index (κ3) is 3.67. The molecule has 1 aliphatic heterocycles. The first kappa shape index (κ1) is 16.9. The Morgan fingerprint density at radius 2 is 1.96 bits per heavy atom. The molecule has 5 heteroatoms. The maximum Gasteiger partial charge on any atom is 0.306 e. The van der Waals surface area contributed by atoms with Gasteiger partial charge in [0.15, 0.2) is 0 Å². The van der Waals surface area contributed by atoms with Crippen LogP contribution in [0, 0.1) is 11.8 Å². The molecule has 0 bridgehead atoms. The summed E-state index contributed by atoms with van der Waals surface area (Å²) in [4.78, 5) is 38.1. The average Bonchev–Trinajstić information content (AvgIpc) is 2.85. The van der Waals surface area contributed by atoms with Gasteiger partial charge in [-0.1, -0.05) is 30.4 Å². The molecule has 0 aliphatic carbocycles. The molecule has 1 heterocycles. The van der Waals surface area contributed by atoms with E-state index in [1.165, 1.54) is 4.90 Å². The number of hydrogen-bond acceptors (Lipinski definition) is 4. The van der Waals surface area contributed by atoms with Crippen LogP contribution in [0.1, 0.15) is 30.6 Å². The molecule has 0 radical (unpaired) electrons. The van der Waals surface area contributed by atoms with E-state index in [0.717, 1.165) is 5.57 Å². The predicted octanol–water partition coefficient (Wildman–Crippen LogP) is 2.43. The van der Waals surface area contributed by atoms with Crippen molar-refractivity contribution in [3.8, 4) is 0 Å². The minimum absolute atomic E-state index is 0.0250. The third-order valence-corrected chi connectivity index (χ3v) is 4.04. The molecule has 2 atom stereocenters. The highest BCUT2D eigenvalue weighted by Gasteiger charge is 2.44. The number of benzene rings is 1. The van der Waals surface area contributed by atoms with Gasteiger partial charge in [0.2, 0.25) is 5.91 Å². The first-order valence-electron chi connectivity index (χ1n) is 7.67. The van der Waals surface area contributed by atoms with E-state index in [0.29, 0.717) is 5.56 Å². The van der Waals surface area contributed by atoms with E-state index in [-0.39, 0.29) is 37.3 Å². The monoisotopic (exact) mass is 315 g/mol. The van der Waals surface area contributed by atoms with Gasteiger partial charge >= 0.3 is 5.97 Å². The Kier molecular flexibility index (Phi) is 5.32. The zero-order valence-corrected chi connectivity index (χ0v) is 13.5. The van der Waals surface area contributed by atoms with Gasteiger partial charge in [-0.05, 0) is 26.0 Å². The molecular formula is C18H21NO4. The fraction of sp³-hybridized carbons (Fsp3) is 0.389. The Morgan fingerprint density at radius 1 is 1.30 bits per heavy atom. The molecule has 1 aromatic rings. The molecule has 0 spiro atoms. The van der Waals surface area contributed by atoms with Crippen molar-refractivity contribution < 1.29 is 19.1 Å². The normalized spacial score (nSPS) is 20.4. The van der Waals surface area contributed by atoms with Crippen LogP contribution >= 0.6 is 0 Å². The average molecular weight is 315 g/mol. The van der Waals surface area contributed by atoms with E-state index < -0.39 is 11.9 Å². The highest BCUT2D eigenvalue weighted by atomic mass is 16.5. The zero-order chi connectivity index (χ0) is 17.0. The fourth-order valence-electron chi connectivity index (χ4n) is 2.83. The molecule has 23 heavy (non-hydrogen) atoms. The minimum atomic E-state index is -0.584. The van der Waals surface area contributed by atoms with Crippen LogP contribution in [-0.2, 0) is 14.3 Å². The van der Waals surface area contributed by atoms with Gasteiger partial charge in [-0.25, -0.2) is 0 Å². The summed E-state index contributed by atoms with van der Waals surface area (Å²) >= 11 is 0. The van der Waals surface area contributed by atoms with Crippen molar-refractivity contribution in [1.82, 2.24) is 4.90 Å². The van der Waals surface area contributed by atoms with E-state index in [1.807, 2.05) is 13.0 Å². The lowest BCUT2D eigenvalue weighted by Gasteiger charge is -2.15. The van der Waals surface area contributed by atoms with Crippen LogP contribution in [0.15, 0.2) is 42.5 Å². The molecule has 2 amide bonds. The van der Waals surface area contributed by atoms with Gasteiger partial charge < -0.3 is 4.74 Å². The van der Waals surface area contributed by atoms with E-state index in [2.05, 4.69) is 6.58 Å². The van der Waals surface area contributed by atoms with Crippen molar-refractivity contribution in [1.29, 1.82) is 0 Å². The lowest BCUT2D eigenvalue weighted by Crippen LogP contribution is -2.34. The van der Waals surface area contributed by atoms with Crippen LogP contribution in [0.4, 0.5) is 0 Å². The van der Waals surface area contributed by atoms with Crippen molar-refractivity contribution in [3.63, 3.8) is 0 Å². The minimum Gasteiger partial charge on any atom is -0.466 e. The molecule has 0 aromatic heterocycles. The van der Waals surface area contributed by atoms with Crippen molar-refractivity contribution in [3.05, 3.63) is 48.0 Å². The van der Waals surface area contributed by atoms with E-state index in [4.69, 9.17) is 4.74 Å². The number of hydrogen-bond donors (Lipinski definition) is 0. The van der Waals surface area contributed by atoms with Crippen LogP contribution in [-0.4, -0.2) is 35.8 Å². The molecule has 0 saturated carbocycles.